The van der Waals surface area contributed by atoms with Gasteiger partial charge in [-0.15, -0.1) is 0 Å². The predicted octanol–water partition coefficient (Wildman–Crippen LogP) is -1.47. The van der Waals surface area contributed by atoms with E-state index in [1.165, 1.54) is 4.90 Å². The molecule has 29 nitrogen and oxygen atoms in total. The Labute approximate surface area is 503 Å². The first-order valence-corrected chi connectivity index (χ1v) is 26.2. The molecule has 2 aliphatic rings. The van der Waals surface area contributed by atoms with Crippen LogP contribution in [0.25, 0.3) is 0 Å². The van der Waals surface area contributed by atoms with E-state index in [0.717, 1.165) is 5.56 Å². The van der Waals surface area contributed by atoms with Crippen molar-refractivity contribution in [3.05, 3.63) is 83.4 Å². The molecule has 1 fully saturated rings. The molecule has 3 aromatic rings. The number of amides is 5. The first kappa shape index (κ1) is 67.3. The number of carboxylic acid groups (broad SMARTS) is 6. The largest absolute Gasteiger partial charge is 0.481 e. The van der Waals surface area contributed by atoms with E-state index >= 15 is 0 Å². The molecule has 2 aliphatic heterocycles. The minimum Gasteiger partial charge on any atom is -0.481 e. The van der Waals surface area contributed by atoms with Crippen molar-refractivity contribution in [1.82, 2.24) is 55.3 Å². The van der Waals surface area contributed by atoms with Crippen LogP contribution in [0, 0.1) is 40.4 Å². The zero-order chi connectivity index (χ0) is 59.0. The van der Waals surface area contributed by atoms with E-state index < -0.39 is 129 Å². The Balaban J connectivity index is 0.0000144. The van der Waals surface area contributed by atoms with Gasteiger partial charge in [0.1, 0.15) is 23.9 Å². The molecule has 2 aromatic carbocycles. The molecule has 1 saturated heterocycles. The molecule has 3 heterocycles. The summed E-state index contributed by atoms with van der Waals surface area (Å²) in [6.07, 6.45) is 0.551. The van der Waals surface area contributed by atoms with Gasteiger partial charge in [-0.25, -0.2) is 4.98 Å². The van der Waals surface area contributed by atoms with Gasteiger partial charge in [-0.2, -0.15) is 0 Å². The molecule has 0 bridgehead atoms. The number of anilines is 1. The van der Waals surface area contributed by atoms with Crippen LogP contribution in [0.5, 0.6) is 0 Å². The van der Waals surface area contributed by atoms with E-state index in [4.69, 9.17) is 0 Å². The normalized spacial score (nSPS) is 16.4. The van der Waals surface area contributed by atoms with Gasteiger partial charge in [0.15, 0.2) is 0 Å². The van der Waals surface area contributed by atoms with E-state index in [1.54, 1.807) is 55.1 Å². The number of carbonyl (C=O) groups is 11. The number of hydrogen-bond acceptors (Lipinski definition) is 17. The fourth-order valence-electron chi connectivity index (χ4n) is 9.18. The van der Waals surface area contributed by atoms with Gasteiger partial charge >= 0.3 is 35.8 Å². The molecule has 0 spiro atoms. The van der Waals surface area contributed by atoms with Crippen molar-refractivity contribution in [2.45, 2.75) is 76.3 Å². The summed E-state index contributed by atoms with van der Waals surface area (Å²) in [4.78, 5) is 156. The fraction of sp³-hybridized carbons (Fsp3) is 0.500. The molecule has 0 saturated carbocycles. The molecular formula is C52H70N12O17Pm. The van der Waals surface area contributed by atoms with E-state index in [0.29, 0.717) is 17.1 Å². The number of carbonyl (C=O) groups excluding carboxylic acids is 5. The van der Waals surface area contributed by atoms with Crippen LogP contribution in [0.15, 0.2) is 60.9 Å². The monoisotopic (exact) mass is 1280 g/mol. The average Bonchev–Trinajstić information content (AvgIpc) is 3.91. The smallest absolute Gasteiger partial charge is 0.317 e. The number of carboxylic acids is 6. The summed E-state index contributed by atoms with van der Waals surface area (Å²) >= 11 is 0. The first-order chi connectivity index (χ1) is 38.6. The van der Waals surface area contributed by atoms with Crippen LogP contribution in [-0.4, -0.2) is 245 Å². The molecule has 0 aliphatic carbocycles. The number of aromatic nitrogens is 2. The molecule has 82 heavy (non-hydrogen) atoms. The van der Waals surface area contributed by atoms with Gasteiger partial charge in [-0.1, -0.05) is 30.3 Å². The molecule has 1 aromatic heterocycles. The zero-order valence-corrected chi connectivity index (χ0v) is 47.9. The summed E-state index contributed by atoms with van der Waals surface area (Å²) in [5, 5.41) is 68.0. The Morgan fingerprint density at radius 3 is 1.68 bits per heavy atom. The van der Waals surface area contributed by atoms with E-state index in [2.05, 4.69) is 31.2 Å². The molecule has 3 unspecified atom stereocenters. The second-order valence-corrected chi connectivity index (χ2v) is 19.6. The number of nitrogens with zero attached hydrogens (tertiary/aromatic N) is 7. The zero-order valence-electron chi connectivity index (χ0n) is 45.0. The Hall–Kier alpha value is -7.20. The number of benzene rings is 2. The van der Waals surface area contributed by atoms with Crippen molar-refractivity contribution in [3.8, 4) is 0 Å². The molecular weight excluding hydrogens is 1210 g/mol. The summed E-state index contributed by atoms with van der Waals surface area (Å²) in [5.74, 6) is -10.4. The number of hydrogen-bond donors (Lipinski definition) is 11. The topological polar surface area (TPSA) is 405 Å². The number of rotatable bonds is 29. The van der Waals surface area contributed by atoms with Crippen LogP contribution in [0.2, 0.25) is 0 Å². The third kappa shape index (κ3) is 23.7. The van der Waals surface area contributed by atoms with Crippen LogP contribution in [0.1, 0.15) is 65.8 Å². The minimum atomic E-state index is -1.57. The number of nitrogens with one attached hydrogen (secondary N) is 5. The maximum absolute atomic E-state index is 14.2. The standard InChI is InChI=1S/C52H70N12O17.Pm/c65-42(30-59-17-19-60(31-46(72)73)21-23-62(33-48(76)77)24-22-61(20-18-59)32-47(74)75)57-39(10-12-44(68)69)50(79)58-38(9-11-43(66)67)49(78)55-13-4-16-63-28-36-25-35(7-8-37(36)56-40(52(63)81)26-45(70)71)51(80)64(29-41-53-14-15-54-41)27-34-5-2-1-3-6-34;/h1-3,5-8,14-15,25,38-40,56H,4,9-13,16-24,26-33H2,(H,53,54)(H,55,78)(H,57,65)(H,58,79)(H,66,67)(H,68,69)(H,70,71)(H,72,73)(H,74,75)(H,76,77);/i;1+4. The van der Waals surface area contributed by atoms with Crippen molar-refractivity contribution < 1.29 is 124 Å². The summed E-state index contributed by atoms with van der Waals surface area (Å²) in [7, 11) is 0. The van der Waals surface area contributed by atoms with Crippen LogP contribution in [0.3, 0.4) is 0 Å². The average molecular weight is 1280 g/mol. The number of aliphatic carboxylic acids is 6. The summed E-state index contributed by atoms with van der Waals surface area (Å²) in [6.45, 7) is -0.788. The van der Waals surface area contributed by atoms with Gasteiger partial charge in [-0.05, 0) is 48.6 Å². The van der Waals surface area contributed by atoms with E-state index in [9.17, 15) is 83.4 Å². The van der Waals surface area contributed by atoms with Gasteiger partial charge in [0.25, 0.3) is 5.91 Å². The second kappa shape index (κ2) is 34.3. The molecule has 3 atom stereocenters. The fourth-order valence-corrected chi connectivity index (χ4v) is 9.18. The number of fused-ring (bicyclic) bond motifs is 1. The molecule has 11 N–H and O–H groups in total. The van der Waals surface area contributed by atoms with Crippen molar-refractivity contribution in [1.29, 1.82) is 0 Å². The number of aromatic amines is 1. The van der Waals surface area contributed by atoms with Crippen molar-refractivity contribution >= 4 is 71.0 Å². The molecule has 5 rings (SSSR count). The number of imidazole rings is 1. The Bertz CT molecular complexity index is 2650. The molecule has 30 heteroatoms. The van der Waals surface area contributed by atoms with Gasteiger partial charge in [0.05, 0.1) is 39.1 Å². The molecule has 5 amide bonds. The van der Waals surface area contributed by atoms with Crippen LogP contribution >= 0.6 is 0 Å². The minimum absolute atomic E-state index is 0. The third-order valence-electron chi connectivity index (χ3n) is 13.3. The molecule has 445 valence electrons. The first-order valence-electron chi connectivity index (χ1n) is 26.2. The van der Waals surface area contributed by atoms with Gasteiger partial charge in [-0.3, -0.25) is 72.3 Å². The van der Waals surface area contributed by atoms with Crippen LogP contribution in [-0.2, 0) is 67.6 Å². The van der Waals surface area contributed by atoms with Crippen molar-refractivity contribution in [2.75, 3.05) is 96.9 Å². The van der Waals surface area contributed by atoms with E-state index in [-0.39, 0.29) is 150 Å². The maximum atomic E-state index is 14.2. The van der Waals surface area contributed by atoms with Gasteiger partial charge in [0, 0.05) is 155 Å². The Kier molecular flexibility index (Phi) is 28.1. The van der Waals surface area contributed by atoms with Crippen LogP contribution < -0.4 is 21.3 Å². The Morgan fingerprint density at radius 1 is 0.646 bits per heavy atom. The number of H-pyrrole nitrogens is 1. The predicted molar refractivity (Wildman–Crippen MR) is 284 cm³/mol. The Morgan fingerprint density at radius 2 is 1.18 bits per heavy atom. The van der Waals surface area contributed by atoms with Crippen molar-refractivity contribution in [3.63, 3.8) is 0 Å². The molecule has 1 radical (unpaired) electrons. The SMILES string of the molecule is O=C(O)CCC(NC(=O)CN1CCN(CC(=O)O)CCN(CC(=O)O)CCN(CC(=O)O)CC1)C(=O)NC(CCC(=O)O)C(=O)NCCCN1Cc2cc(C(=O)N(Cc3ccccc3)Cc3ncc[nH]3)ccc2NC(CC(=O)O)C1=O.[149Pm]. The summed E-state index contributed by atoms with van der Waals surface area (Å²) in [5.41, 5.74) is 2.07. The van der Waals surface area contributed by atoms with Gasteiger partial charge in [0.2, 0.25) is 23.6 Å². The summed E-state index contributed by atoms with van der Waals surface area (Å²) in [6, 6.07) is 9.82. The summed E-state index contributed by atoms with van der Waals surface area (Å²) < 4.78 is 0. The third-order valence-corrected chi connectivity index (χ3v) is 13.3. The van der Waals surface area contributed by atoms with Crippen molar-refractivity contribution in [2.24, 2.45) is 0 Å². The van der Waals surface area contributed by atoms with Gasteiger partial charge < -0.3 is 66.7 Å². The quantitative estimate of drug-likeness (QED) is 0.0354. The van der Waals surface area contributed by atoms with Crippen LogP contribution in [0.4, 0.5) is 5.69 Å². The van der Waals surface area contributed by atoms with E-state index in [1.807, 2.05) is 30.3 Å². The maximum Gasteiger partial charge on any atom is 0.317 e. The second-order valence-electron chi connectivity index (χ2n) is 19.6.